The van der Waals surface area contributed by atoms with E-state index in [0.717, 1.165) is 17.5 Å². The molecule has 1 aliphatic heterocycles. The van der Waals surface area contributed by atoms with Gasteiger partial charge in [0, 0.05) is 31.1 Å². The van der Waals surface area contributed by atoms with E-state index in [0.29, 0.717) is 25.2 Å². The summed E-state index contributed by atoms with van der Waals surface area (Å²) in [5, 5.41) is 13.1. The molecule has 4 heteroatoms. The summed E-state index contributed by atoms with van der Waals surface area (Å²) in [6.07, 6.45) is 0.193. The number of carbonyl (C=O) groups excluding carboxylic acids is 1. The highest BCUT2D eigenvalue weighted by Crippen LogP contribution is 2.31. The zero-order chi connectivity index (χ0) is 18.8. The molecule has 27 heavy (non-hydrogen) atoms. The molecule has 0 aliphatic carbocycles. The first-order valence-corrected chi connectivity index (χ1v) is 9.41. The van der Waals surface area contributed by atoms with Crippen LogP contribution in [0.1, 0.15) is 33.8 Å². The molecule has 3 aromatic rings. The maximum atomic E-state index is 12.7. The number of benzene rings is 3. The van der Waals surface area contributed by atoms with Crippen LogP contribution in [-0.4, -0.2) is 35.1 Å². The summed E-state index contributed by atoms with van der Waals surface area (Å²) in [5.74, 6) is 0.0212. The number of aliphatic hydroxyl groups is 1. The molecule has 1 aliphatic rings. The average molecular weight is 360 g/mol. The molecule has 0 bridgehead atoms. The molecule has 4 rings (SSSR count). The van der Waals surface area contributed by atoms with Gasteiger partial charge in [0.2, 0.25) is 0 Å². The molecule has 0 spiro atoms. The quantitative estimate of drug-likeness (QED) is 0.753. The molecule has 1 fully saturated rings. The van der Waals surface area contributed by atoms with Crippen LogP contribution in [0.25, 0.3) is 10.8 Å². The molecule has 3 N–H and O–H groups in total. The maximum Gasteiger partial charge on any atom is 0.253 e. The summed E-state index contributed by atoms with van der Waals surface area (Å²) in [6.45, 7) is 1.46. The minimum absolute atomic E-state index is 0.0328. The Morgan fingerprint density at radius 1 is 1.04 bits per heavy atom. The summed E-state index contributed by atoms with van der Waals surface area (Å²) >= 11 is 0. The number of hydrogen-bond acceptors (Lipinski definition) is 3. The minimum atomic E-state index is -0.563. The van der Waals surface area contributed by atoms with Crippen LogP contribution < -0.4 is 5.73 Å². The molecule has 0 aromatic heterocycles. The van der Waals surface area contributed by atoms with Gasteiger partial charge in [0.05, 0.1) is 6.10 Å². The molecule has 2 atom stereocenters. The van der Waals surface area contributed by atoms with Crippen LogP contribution in [0.4, 0.5) is 0 Å². The molecule has 1 heterocycles. The highest BCUT2D eigenvalue weighted by Gasteiger charge is 2.31. The van der Waals surface area contributed by atoms with Gasteiger partial charge in [-0.15, -0.1) is 0 Å². The Morgan fingerprint density at radius 2 is 1.78 bits per heavy atom. The zero-order valence-corrected chi connectivity index (χ0v) is 15.2. The Labute approximate surface area is 159 Å². The van der Waals surface area contributed by atoms with Crippen LogP contribution in [0.2, 0.25) is 0 Å². The first-order chi connectivity index (χ1) is 13.2. The number of β-amino-alcohol motifs (C(OH)–C–C–N with tert-alkyl or cyclic N) is 1. The van der Waals surface area contributed by atoms with E-state index in [1.54, 1.807) is 4.90 Å². The Morgan fingerprint density at radius 3 is 2.48 bits per heavy atom. The van der Waals surface area contributed by atoms with Crippen LogP contribution in [0, 0.1) is 0 Å². The number of aliphatic hydroxyl groups excluding tert-OH is 1. The normalized spacial score (nSPS) is 20.0. The van der Waals surface area contributed by atoms with Gasteiger partial charge < -0.3 is 15.7 Å². The summed E-state index contributed by atoms with van der Waals surface area (Å²) in [4.78, 5) is 14.5. The summed E-state index contributed by atoms with van der Waals surface area (Å²) in [7, 11) is 0. The van der Waals surface area contributed by atoms with Crippen molar-refractivity contribution in [3.05, 3.63) is 83.4 Å². The van der Waals surface area contributed by atoms with Gasteiger partial charge in [-0.2, -0.15) is 0 Å². The molecule has 0 unspecified atom stereocenters. The number of rotatable bonds is 3. The van der Waals surface area contributed by atoms with Gasteiger partial charge in [0.25, 0.3) is 5.91 Å². The van der Waals surface area contributed by atoms with Crippen molar-refractivity contribution in [1.82, 2.24) is 4.90 Å². The Balaban J connectivity index is 1.48. The van der Waals surface area contributed by atoms with Gasteiger partial charge in [0.15, 0.2) is 0 Å². The largest absolute Gasteiger partial charge is 0.391 e. The Hall–Kier alpha value is -2.69. The number of fused-ring (bicyclic) bond motifs is 1. The van der Waals surface area contributed by atoms with Crippen molar-refractivity contribution in [3.63, 3.8) is 0 Å². The van der Waals surface area contributed by atoms with Gasteiger partial charge in [-0.3, -0.25) is 4.79 Å². The molecule has 3 aromatic carbocycles. The number of likely N-dealkylation sites (tertiary alicyclic amines) is 1. The topological polar surface area (TPSA) is 66.6 Å². The Kier molecular flexibility index (Phi) is 4.92. The number of carbonyl (C=O) groups is 1. The molecular weight excluding hydrogens is 336 g/mol. The molecule has 0 radical (unpaired) electrons. The highest BCUT2D eigenvalue weighted by molar-refractivity contribution is 5.94. The van der Waals surface area contributed by atoms with Gasteiger partial charge in [-0.25, -0.2) is 0 Å². The first kappa shape index (κ1) is 17.7. The highest BCUT2D eigenvalue weighted by atomic mass is 16.3. The monoisotopic (exact) mass is 360 g/mol. The van der Waals surface area contributed by atoms with Gasteiger partial charge in [0.1, 0.15) is 0 Å². The minimum Gasteiger partial charge on any atom is -0.391 e. The number of nitrogens with zero attached hydrogens (tertiary/aromatic N) is 1. The van der Waals surface area contributed by atoms with E-state index < -0.39 is 6.10 Å². The van der Waals surface area contributed by atoms with Gasteiger partial charge in [-0.05, 0) is 40.5 Å². The van der Waals surface area contributed by atoms with Crippen LogP contribution in [0.5, 0.6) is 0 Å². The molecule has 0 saturated carbocycles. The maximum absolute atomic E-state index is 12.7. The molecule has 4 nitrogen and oxygen atoms in total. The van der Waals surface area contributed by atoms with Crippen molar-refractivity contribution in [2.24, 2.45) is 5.73 Å². The van der Waals surface area contributed by atoms with Gasteiger partial charge >= 0.3 is 0 Å². The smallest absolute Gasteiger partial charge is 0.253 e. The predicted octanol–water partition coefficient (Wildman–Crippen LogP) is 3.29. The lowest BCUT2D eigenvalue weighted by atomic mass is 9.86. The van der Waals surface area contributed by atoms with Crippen molar-refractivity contribution in [3.8, 4) is 0 Å². The number of piperidine rings is 1. The van der Waals surface area contributed by atoms with E-state index in [1.807, 2.05) is 36.4 Å². The van der Waals surface area contributed by atoms with E-state index >= 15 is 0 Å². The van der Waals surface area contributed by atoms with Crippen LogP contribution in [0.15, 0.2) is 66.7 Å². The van der Waals surface area contributed by atoms with Crippen LogP contribution in [0.3, 0.4) is 0 Å². The number of amides is 1. The third kappa shape index (κ3) is 3.59. The van der Waals surface area contributed by atoms with Crippen molar-refractivity contribution in [1.29, 1.82) is 0 Å². The van der Waals surface area contributed by atoms with Crippen LogP contribution >= 0.6 is 0 Å². The lowest BCUT2D eigenvalue weighted by Gasteiger charge is -2.36. The average Bonchev–Trinajstić information content (AvgIpc) is 2.73. The fourth-order valence-corrected chi connectivity index (χ4v) is 3.91. The summed E-state index contributed by atoms with van der Waals surface area (Å²) in [6, 6.07) is 22.0. The third-order valence-corrected chi connectivity index (χ3v) is 5.51. The van der Waals surface area contributed by atoms with Crippen LogP contribution in [-0.2, 0) is 6.54 Å². The van der Waals surface area contributed by atoms with Gasteiger partial charge in [-0.1, -0.05) is 54.6 Å². The van der Waals surface area contributed by atoms with E-state index in [9.17, 15) is 9.90 Å². The summed E-state index contributed by atoms with van der Waals surface area (Å²) in [5.41, 5.74) is 8.40. The number of nitrogens with two attached hydrogens (primary N) is 1. The molecule has 1 amide bonds. The fourth-order valence-electron chi connectivity index (χ4n) is 3.91. The fraction of sp³-hybridized carbons (Fsp3) is 0.261. The second-order valence-corrected chi connectivity index (χ2v) is 7.22. The van der Waals surface area contributed by atoms with E-state index in [2.05, 4.69) is 30.3 Å². The van der Waals surface area contributed by atoms with E-state index in [-0.39, 0.29) is 11.8 Å². The zero-order valence-electron chi connectivity index (χ0n) is 15.2. The molecular formula is C23H24N2O2. The summed E-state index contributed by atoms with van der Waals surface area (Å²) < 4.78 is 0. The lowest BCUT2D eigenvalue weighted by Crippen LogP contribution is -2.45. The standard InChI is InChI=1S/C23H24N2O2/c24-14-16-5-7-18(8-6-16)23(27)25-12-11-21(22(26)15-25)20-10-9-17-3-1-2-4-19(17)13-20/h1-10,13,21-22,26H,11-12,14-15,24H2/t21-,22+/m1/s1. The third-order valence-electron chi connectivity index (χ3n) is 5.51. The van der Waals surface area contributed by atoms with Crippen molar-refractivity contribution in [2.75, 3.05) is 13.1 Å². The first-order valence-electron chi connectivity index (χ1n) is 9.41. The van der Waals surface area contributed by atoms with E-state index in [1.165, 1.54) is 10.8 Å². The lowest BCUT2D eigenvalue weighted by molar-refractivity contribution is 0.0382. The second-order valence-electron chi connectivity index (χ2n) is 7.22. The second kappa shape index (κ2) is 7.51. The van der Waals surface area contributed by atoms with Crippen molar-refractivity contribution in [2.45, 2.75) is 25.0 Å². The molecule has 138 valence electrons. The van der Waals surface area contributed by atoms with Crippen molar-refractivity contribution >= 4 is 16.7 Å². The molecule has 1 saturated heterocycles. The van der Waals surface area contributed by atoms with Crippen molar-refractivity contribution < 1.29 is 9.90 Å². The number of hydrogen-bond donors (Lipinski definition) is 2. The Bertz CT molecular complexity index is 952. The van der Waals surface area contributed by atoms with E-state index in [4.69, 9.17) is 5.73 Å². The predicted molar refractivity (Wildman–Crippen MR) is 108 cm³/mol. The SMILES string of the molecule is NCc1ccc(C(=O)N2CC[C@H](c3ccc4ccccc4c3)[C@@H](O)C2)cc1.